The van der Waals surface area contributed by atoms with Gasteiger partial charge in [-0.25, -0.2) is 0 Å². The van der Waals surface area contributed by atoms with E-state index < -0.39 is 0 Å². The van der Waals surface area contributed by atoms with Gasteiger partial charge in [-0.2, -0.15) is 5.10 Å². The van der Waals surface area contributed by atoms with E-state index in [1.165, 1.54) is 0 Å². The second-order valence-electron chi connectivity index (χ2n) is 4.29. The predicted octanol–water partition coefficient (Wildman–Crippen LogP) is 1.89. The zero-order valence-electron chi connectivity index (χ0n) is 10.4. The Bertz CT molecular complexity index is 304. The quantitative estimate of drug-likeness (QED) is 0.646. The highest BCUT2D eigenvalue weighted by Gasteiger charge is 2.10. The van der Waals surface area contributed by atoms with Gasteiger partial charge in [0.25, 0.3) is 0 Å². The van der Waals surface area contributed by atoms with Crippen molar-refractivity contribution in [1.29, 1.82) is 0 Å². The van der Waals surface area contributed by atoms with Gasteiger partial charge >= 0.3 is 0 Å². The van der Waals surface area contributed by atoms with Crippen molar-refractivity contribution in [3.05, 3.63) is 12.3 Å². The standard InChI is InChI=1S/C12H22N4O/c1-2-3-10(6-8-13)4-5-12(17)15-11-7-9-14-16-11/h7,9-10H,2-6,8,13H2,1H3,(H2,14,15,16,17). The van der Waals surface area contributed by atoms with Crippen molar-refractivity contribution in [3.63, 3.8) is 0 Å². The molecule has 0 aliphatic carbocycles. The summed E-state index contributed by atoms with van der Waals surface area (Å²) < 4.78 is 0. The molecule has 0 aliphatic heterocycles. The summed E-state index contributed by atoms with van der Waals surface area (Å²) in [5.74, 6) is 1.26. The Morgan fingerprint density at radius 3 is 2.94 bits per heavy atom. The first-order chi connectivity index (χ1) is 8.26. The van der Waals surface area contributed by atoms with Gasteiger partial charge in [0.1, 0.15) is 5.82 Å². The summed E-state index contributed by atoms with van der Waals surface area (Å²) >= 11 is 0. The monoisotopic (exact) mass is 238 g/mol. The zero-order valence-corrected chi connectivity index (χ0v) is 10.4. The largest absolute Gasteiger partial charge is 0.330 e. The average molecular weight is 238 g/mol. The van der Waals surface area contributed by atoms with Crippen molar-refractivity contribution >= 4 is 11.7 Å². The van der Waals surface area contributed by atoms with Gasteiger partial charge in [0, 0.05) is 12.5 Å². The maximum absolute atomic E-state index is 11.6. The van der Waals surface area contributed by atoms with Crippen LogP contribution in [0.1, 0.15) is 39.0 Å². The Morgan fingerprint density at radius 2 is 2.35 bits per heavy atom. The first kappa shape index (κ1) is 13.7. The number of aromatic nitrogens is 2. The van der Waals surface area contributed by atoms with E-state index in [0.29, 0.717) is 24.7 Å². The van der Waals surface area contributed by atoms with Gasteiger partial charge in [-0.15, -0.1) is 0 Å². The minimum atomic E-state index is 0.0346. The summed E-state index contributed by atoms with van der Waals surface area (Å²) in [6.45, 7) is 2.86. The van der Waals surface area contributed by atoms with Crippen molar-refractivity contribution in [3.8, 4) is 0 Å². The number of amides is 1. The number of hydrogen-bond donors (Lipinski definition) is 3. The molecule has 0 aliphatic rings. The van der Waals surface area contributed by atoms with Crippen LogP contribution in [0.4, 0.5) is 5.82 Å². The molecule has 1 unspecified atom stereocenters. The molecule has 1 aromatic heterocycles. The van der Waals surface area contributed by atoms with Crippen LogP contribution in [0, 0.1) is 5.92 Å². The fraction of sp³-hybridized carbons (Fsp3) is 0.667. The molecule has 5 nitrogen and oxygen atoms in total. The molecule has 96 valence electrons. The Hall–Kier alpha value is -1.36. The van der Waals surface area contributed by atoms with Crippen LogP contribution in [-0.4, -0.2) is 22.6 Å². The number of aromatic amines is 1. The SMILES string of the molecule is CCCC(CCN)CCC(=O)Nc1ccn[nH]1. The number of carbonyl (C=O) groups is 1. The minimum Gasteiger partial charge on any atom is -0.330 e. The molecule has 4 N–H and O–H groups in total. The van der Waals surface area contributed by atoms with Gasteiger partial charge in [-0.3, -0.25) is 9.89 Å². The van der Waals surface area contributed by atoms with Crippen LogP contribution in [0.15, 0.2) is 12.3 Å². The zero-order chi connectivity index (χ0) is 12.5. The van der Waals surface area contributed by atoms with Gasteiger partial charge < -0.3 is 11.1 Å². The van der Waals surface area contributed by atoms with Crippen molar-refractivity contribution in [2.24, 2.45) is 11.7 Å². The van der Waals surface area contributed by atoms with Crippen LogP contribution < -0.4 is 11.1 Å². The molecule has 17 heavy (non-hydrogen) atoms. The molecule has 1 atom stereocenters. The Kier molecular flexibility index (Phi) is 6.32. The molecule has 0 radical (unpaired) electrons. The summed E-state index contributed by atoms with van der Waals surface area (Å²) in [5.41, 5.74) is 5.56. The molecule has 1 rings (SSSR count). The van der Waals surface area contributed by atoms with Gasteiger partial charge in [-0.05, 0) is 25.3 Å². The van der Waals surface area contributed by atoms with Gasteiger partial charge in [0.2, 0.25) is 5.91 Å². The third-order valence-corrected chi connectivity index (χ3v) is 2.83. The molecule has 5 heteroatoms. The lowest BCUT2D eigenvalue weighted by atomic mass is 9.94. The second-order valence-corrected chi connectivity index (χ2v) is 4.29. The first-order valence-electron chi connectivity index (χ1n) is 6.25. The van der Waals surface area contributed by atoms with E-state index in [1.54, 1.807) is 12.3 Å². The van der Waals surface area contributed by atoms with Crippen LogP contribution in [0.3, 0.4) is 0 Å². The molecule has 0 saturated carbocycles. The number of rotatable bonds is 8. The molecular weight excluding hydrogens is 216 g/mol. The van der Waals surface area contributed by atoms with Crippen molar-refractivity contribution in [2.75, 3.05) is 11.9 Å². The lowest BCUT2D eigenvalue weighted by Gasteiger charge is -2.14. The van der Waals surface area contributed by atoms with Crippen LogP contribution in [0.25, 0.3) is 0 Å². The number of nitrogens with one attached hydrogen (secondary N) is 2. The highest BCUT2D eigenvalue weighted by molar-refractivity contribution is 5.89. The summed E-state index contributed by atoms with van der Waals surface area (Å²) in [7, 11) is 0. The molecule has 1 aromatic rings. The summed E-state index contributed by atoms with van der Waals surface area (Å²) in [4.78, 5) is 11.6. The third kappa shape index (κ3) is 5.49. The highest BCUT2D eigenvalue weighted by Crippen LogP contribution is 2.17. The Labute approximate surface area is 102 Å². The van der Waals surface area contributed by atoms with Crippen molar-refractivity contribution < 1.29 is 4.79 Å². The number of carbonyl (C=O) groups excluding carboxylic acids is 1. The molecule has 0 fully saturated rings. The minimum absolute atomic E-state index is 0.0346. The van der Waals surface area contributed by atoms with E-state index in [4.69, 9.17) is 5.73 Å². The number of anilines is 1. The molecule has 0 aromatic carbocycles. The Morgan fingerprint density at radius 1 is 1.53 bits per heavy atom. The normalized spacial score (nSPS) is 12.4. The summed E-state index contributed by atoms with van der Waals surface area (Å²) in [6, 6.07) is 1.74. The number of H-pyrrole nitrogens is 1. The number of hydrogen-bond acceptors (Lipinski definition) is 3. The molecule has 0 spiro atoms. The van der Waals surface area contributed by atoms with Gasteiger partial charge in [-0.1, -0.05) is 19.8 Å². The van der Waals surface area contributed by atoms with E-state index in [9.17, 15) is 4.79 Å². The van der Waals surface area contributed by atoms with Crippen LogP contribution >= 0.6 is 0 Å². The molecule has 0 bridgehead atoms. The van der Waals surface area contributed by atoms with E-state index in [0.717, 1.165) is 25.7 Å². The summed E-state index contributed by atoms with van der Waals surface area (Å²) in [6.07, 6.45) is 6.37. The second kappa shape index (κ2) is 7.84. The van der Waals surface area contributed by atoms with Gasteiger partial charge in [0.05, 0.1) is 6.20 Å². The van der Waals surface area contributed by atoms with E-state index in [1.807, 2.05) is 0 Å². The first-order valence-corrected chi connectivity index (χ1v) is 6.25. The highest BCUT2D eigenvalue weighted by atomic mass is 16.1. The molecule has 0 saturated heterocycles. The molecular formula is C12H22N4O. The van der Waals surface area contributed by atoms with Crippen LogP contribution in [0.2, 0.25) is 0 Å². The van der Waals surface area contributed by atoms with E-state index in [-0.39, 0.29) is 5.91 Å². The molecule has 1 amide bonds. The maximum atomic E-state index is 11.6. The topological polar surface area (TPSA) is 83.8 Å². The fourth-order valence-corrected chi connectivity index (χ4v) is 1.95. The van der Waals surface area contributed by atoms with E-state index in [2.05, 4.69) is 22.4 Å². The maximum Gasteiger partial charge on any atom is 0.225 e. The number of nitrogens with zero attached hydrogens (tertiary/aromatic N) is 1. The average Bonchev–Trinajstić information content (AvgIpc) is 2.79. The van der Waals surface area contributed by atoms with Crippen molar-refractivity contribution in [2.45, 2.75) is 39.0 Å². The lowest BCUT2D eigenvalue weighted by Crippen LogP contribution is -2.15. The smallest absolute Gasteiger partial charge is 0.225 e. The third-order valence-electron chi connectivity index (χ3n) is 2.83. The van der Waals surface area contributed by atoms with E-state index >= 15 is 0 Å². The fourth-order valence-electron chi connectivity index (χ4n) is 1.95. The lowest BCUT2D eigenvalue weighted by molar-refractivity contribution is -0.116. The Balaban J connectivity index is 2.25. The van der Waals surface area contributed by atoms with Crippen LogP contribution in [0.5, 0.6) is 0 Å². The van der Waals surface area contributed by atoms with Crippen molar-refractivity contribution in [1.82, 2.24) is 10.2 Å². The predicted molar refractivity (Wildman–Crippen MR) is 68.5 cm³/mol. The number of nitrogens with two attached hydrogens (primary N) is 1. The summed E-state index contributed by atoms with van der Waals surface area (Å²) in [5, 5.41) is 9.25. The van der Waals surface area contributed by atoms with Gasteiger partial charge in [0.15, 0.2) is 0 Å². The van der Waals surface area contributed by atoms with Crippen LogP contribution in [-0.2, 0) is 4.79 Å². The molecule has 1 heterocycles.